The van der Waals surface area contributed by atoms with Crippen molar-refractivity contribution in [3.8, 4) is 0 Å². The van der Waals surface area contributed by atoms with Crippen LogP contribution in [0.2, 0.25) is 5.02 Å². The third-order valence-electron chi connectivity index (χ3n) is 4.12. The molecular formula is C15H17ClN2O. The first kappa shape index (κ1) is 12.7. The van der Waals surface area contributed by atoms with Gasteiger partial charge >= 0.3 is 0 Å². The molecule has 3 nitrogen and oxygen atoms in total. The van der Waals surface area contributed by atoms with Gasteiger partial charge in [-0.3, -0.25) is 4.68 Å². The average molecular weight is 277 g/mol. The highest BCUT2D eigenvalue weighted by molar-refractivity contribution is 6.30. The molecular weight excluding hydrogens is 260 g/mol. The number of aromatic nitrogens is 2. The summed E-state index contributed by atoms with van der Waals surface area (Å²) in [4.78, 5) is 0. The molecule has 1 saturated heterocycles. The van der Waals surface area contributed by atoms with Crippen LogP contribution in [0.5, 0.6) is 0 Å². The van der Waals surface area contributed by atoms with Gasteiger partial charge in [0.1, 0.15) is 5.60 Å². The molecule has 100 valence electrons. The highest BCUT2D eigenvalue weighted by atomic mass is 35.5. The van der Waals surface area contributed by atoms with E-state index in [0.29, 0.717) is 5.92 Å². The molecule has 0 unspecified atom stereocenters. The third-order valence-corrected chi connectivity index (χ3v) is 4.38. The fourth-order valence-corrected chi connectivity index (χ4v) is 2.94. The normalized spacial score (nSPS) is 30.1. The second-order valence-corrected chi connectivity index (χ2v) is 5.65. The van der Waals surface area contributed by atoms with Crippen LogP contribution >= 0.6 is 11.6 Å². The molecule has 0 aliphatic carbocycles. The Morgan fingerprint density at radius 3 is 2.58 bits per heavy atom. The smallest absolute Gasteiger partial charge is 0.118 e. The summed E-state index contributed by atoms with van der Waals surface area (Å²) in [6.07, 6.45) is 4.03. The van der Waals surface area contributed by atoms with Crippen molar-refractivity contribution in [3.63, 3.8) is 0 Å². The van der Waals surface area contributed by atoms with Crippen molar-refractivity contribution in [1.82, 2.24) is 9.78 Å². The maximum atomic E-state index is 6.13. The fourth-order valence-electron chi connectivity index (χ4n) is 2.82. The number of benzene rings is 1. The predicted octanol–water partition coefficient (Wildman–Crippen LogP) is 3.49. The molecule has 1 aromatic carbocycles. The highest BCUT2D eigenvalue weighted by Gasteiger charge is 2.52. The van der Waals surface area contributed by atoms with Gasteiger partial charge in [0.15, 0.2) is 0 Å². The standard InChI is InChI=1S/C15H17ClN2O/c1-11-12(2)19-15(11,10-18-9-3-8-17-18)13-4-6-14(16)7-5-13/h3-9,11-12H,10H2,1-2H3/t11-,12+,15+/m0/s1. The SMILES string of the molecule is C[C@H]1O[C@@](Cn2cccn2)(c2ccc(Cl)cc2)[C@H]1C. The van der Waals surface area contributed by atoms with Gasteiger partial charge in [-0.1, -0.05) is 30.7 Å². The molecule has 1 aliphatic rings. The van der Waals surface area contributed by atoms with E-state index >= 15 is 0 Å². The Balaban J connectivity index is 1.96. The topological polar surface area (TPSA) is 27.1 Å². The lowest BCUT2D eigenvalue weighted by molar-refractivity contribution is -0.263. The molecule has 4 heteroatoms. The second kappa shape index (κ2) is 4.66. The summed E-state index contributed by atoms with van der Waals surface area (Å²) >= 11 is 5.97. The minimum Gasteiger partial charge on any atom is -0.365 e. The summed E-state index contributed by atoms with van der Waals surface area (Å²) in [5, 5.41) is 5.04. The van der Waals surface area contributed by atoms with Crippen LogP contribution in [0.15, 0.2) is 42.7 Å². The summed E-state index contributed by atoms with van der Waals surface area (Å²) in [6, 6.07) is 9.87. The van der Waals surface area contributed by atoms with Crippen LogP contribution in [-0.2, 0) is 16.9 Å². The summed E-state index contributed by atoms with van der Waals surface area (Å²) in [5.74, 6) is 0.442. The third kappa shape index (κ3) is 2.07. The number of hydrogen-bond donors (Lipinski definition) is 0. The lowest BCUT2D eigenvalue weighted by atomic mass is 9.74. The van der Waals surface area contributed by atoms with E-state index in [4.69, 9.17) is 16.3 Å². The molecule has 0 bridgehead atoms. The molecule has 2 heterocycles. The quantitative estimate of drug-likeness (QED) is 0.858. The van der Waals surface area contributed by atoms with E-state index in [0.717, 1.165) is 17.1 Å². The average Bonchev–Trinajstić information content (AvgIpc) is 2.91. The van der Waals surface area contributed by atoms with Crippen molar-refractivity contribution >= 4 is 11.6 Å². The van der Waals surface area contributed by atoms with Crippen LogP contribution in [0, 0.1) is 5.92 Å². The van der Waals surface area contributed by atoms with Crippen molar-refractivity contribution in [1.29, 1.82) is 0 Å². The molecule has 0 N–H and O–H groups in total. The van der Waals surface area contributed by atoms with Gasteiger partial charge in [0.25, 0.3) is 0 Å². The molecule has 1 aromatic heterocycles. The van der Waals surface area contributed by atoms with Gasteiger partial charge in [0.05, 0.1) is 12.6 Å². The molecule has 1 aliphatic heterocycles. The number of ether oxygens (including phenoxy) is 1. The Kier molecular flexibility index (Phi) is 3.11. The Bertz CT molecular complexity index is 552. The predicted molar refractivity (Wildman–Crippen MR) is 75.1 cm³/mol. The number of nitrogens with zero attached hydrogens (tertiary/aromatic N) is 2. The Labute approximate surface area is 118 Å². The number of rotatable bonds is 3. The zero-order chi connectivity index (χ0) is 13.5. The fraction of sp³-hybridized carbons (Fsp3) is 0.400. The van der Waals surface area contributed by atoms with E-state index in [2.05, 4.69) is 18.9 Å². The molecule has 1 fully saturated rings. The van der Waals surface area contributed by atoms with Crippen LogP contribution in [0.1, 0.15) is 19.4 Å². The number of hydrogen-bond acceptors (Lipinski definition) is 2. The maximum Gasteiger partial charge on any atom is 0.118 e. The molecule has 19 heavy (non-hydrogen) atoms. The van der Waals surface area contributed by atoms with Gasteiger partial charge in [0.2, 0.25) is 0 Å². The van der Waals surface area contributed by atoms with Gasteiger partial charge < -0.3 is 4.74 Å². The van der Waals surface area contributed by atoms with Gasteiger partial charge in [0, 0.05) is 23.3 Å². The van der Waals surface area contributed by atoms with Gasteiger partial charge in [-0.05, 0) is 30.7 Å². The minimum atomic E-state index is -0.296. The second-order valence-electron chi connectivity index (χ2n) is 5.21. The van der Waals surface area contributed by atoms with Crippen molar-refractivity contribution in [3.05, 3.63) is 53.3 Å². The van der Waals surface area contributed by atoms with E-state index in [1.807, 2.05) is 41.2 Å². The van der Waals surface area contributed by atoms with Crippen LogP contribution in [0.4, 0.5) is 0 Å². The van der Waals surface area contributed by atoms with Crippen molar-refractivity contribution in [2.24, 2.45) is 5.92 Å². The molecule has 3 atom stereocenters. The van der Waals surface area contributed by atoms with Crippen LogP contribution in [0.3, 0.4) is 0 Å². The maximum absolute atomic E-state index is 6.13. The van der Waals surface area contributed by atoms with E-state index in [-0.39, 0.29) is 11.7 Å². The monoisotopic (exact) mass is 276 g/mol. The zero-order valence-corrected chi connectivity index (χ0v) is 11.8. The van der Waals surface area contributed by atoms with Crippen molar-refractivity contribution < 1.29 is 4.74 Å². The summed E-state index contributed by atoms with van der Waals surface area (Å²) < 4.78 is 8.06. The first-order valence-electron chi connectivity index (χ1n) is 6.53. The summed E-state index contributed by atoms with van der Waals surface area (Å²) in [5.41, 5.74) is 0.869. The Hall–Kier alpha value is -1.32. The van der Waals surface area contributed by atoms with Crippen LogP contribution in [0.25, 0.3) is 0 Å². The van der Waals surface area contributed by atoms with Crippen molar-refractivity contribution in [2.75, 3.05) is 0 Å². The van der Waals surface area contributed by atoms with Gasteiger partial charge in [-0.2, -0.15) is 5.10 Å². The molecule has 0 spiro atoms. The van der Waals surface area contributed by atoms with E-state index in [1.165, 1.54) is 0 Å². The Morgan fingerprint density at radius 2 is 2.05 bits per heavy atom. The van der Waals surface area contributed by atoms with E-state index in [9.17, 15) is 0 Å². The van der Waals surface area contributed by atoms with Crippen molar-refractivity contribution in [2.45, 2.75) is 32.1 Å². The molecule has 3 rings (SSSR count). The zero-order valence-electron chi connectivity index (χ0n) is 11.1. The summed E-state index contributed by atoms with van der Waals surface area (Å²) in [7, 11) is 0. The number of halogens is 1. The highest BCUT2D eigenvalue weighted by Crippen LogP contribution is 2.48. The lowest BCUT2D eigenvalue weighted by Crippen LogP contribution is -2.57. The Morgan fingerprint density at radius 1 is 1.32 bits per heavy atom. The van der Waals surface area contributed by atoms with E-state index < -0.39 is 0 Å². The lowest BCUT2D eigenvalue weighted by Gasteiger charge is -2.53. The first-order valence-corrected chi connectivity index (χ1v) is 6.91. The molecule has 0 radical (unpaired) electrons. The largest absolute Gasteiger partial charge is 0.365 e. The van der Waals surface area contributed by atoms with E-state index in [1.54, 1.807) is 6.20 Å². The molecule has 0 saturated carbocycles. The van der Waals surface area contributed by atoms with Crippen LogP contribution in [-0.4, -0.2) is 15.9 Å². The van der Waals surface area contributed by atoms with Gasteiger partial charge in [-0.15, -0.1) is 0 Å². The molecule has 0 amide bonds. The van der Waals surface area contributed by atoms with Crippen LogP contribution < -0.4 is 0 Å². The summed E-state index contributed by atoms with van der Waals surface area (Å²) in [6.45, 7) is 5.07. The minimum absolute atomic E-state index is 0.270. The first-order chi connectivity index (χ1) is 9.12. The van der Waals surface area contributed by atoms with Gasteiger partial charge in [-0.25, -0.2) is 0 Å². The molecule has 2 aromatic rings.